The van der Waals surface area contributed by atoms with Gasteiger partial charge in [0.05, 0.1) is 23.9 Å². The molecule has 41 heavy (non-hydrogen) atoms. The molecule has 1 unspecified atom stereocenters. The van der Waals surface area contributed by atoms with E-state index in [9.17, 15) is 32.7 Å². The van der Waals surface area contributed by atoms with Crippen LogP contribution in [-0.4, -0.2) is 82.9 Å². The quantitative estimate of drug-likeness (QED) is 0.453. The number of aromatic carboxylic acids is 1. The number of ether oxygens (including phenoxy) is 3. The zero-order valence-corrected chi connectivity index (χ0v) is 23.7. The molecule has 1 aromatic carbocycles. The summed E-state index contributed by atoms with van der Waals surface area (Å²) in [5.41, 5.74) is -1.72. The highest BCUT2D eigenvalue weighted by atomic mass is 19.4. The number of hydrogen-bond acceptors (Lipinski definition) is 8. The minimum Gasteiger partial charge on any atom is -0.482 e. The monoisotopic (exact) mass is 581 g/mol. The highest BCUT2D eigenvalue weighted by molar-refractivity contribution is 5.97. The number of carboxylic acid groups (broad SMARTS) is 1. The normalized spacial score (nSPS) is 17.1. The van der Waals surface area contributed by atoms with Crippen LogP contribution in [0.5, 0.6) is 5.75 Å². The molecule has 1 fully saturated rings. The van der Waals surface area contributed by atoms with E-state index < -0.39 is 41.5 Å². The number of hydrogen-bond donors (Lipinski definition) is 1. The van der Waals surface area contributed by atoms with Crippen molar-refractivity contribution in [2.45, 2.75) is 58.5 Å². The van der Waals surface area contributed by atoms with Crippen LogP contribution in [0.2, 0.25) is 0 Å². The molecule has 3 rings (SSSR count). The Morgan fingerprint density at radius 2 is 1.80 bits per heavy atom. The molecule has 2 atom stereocenters. The molecule has 0 bridgehead atoms. The number of benzene rings is 1. The largest absolute Gasteiger partial charge is 0.482 e. The summed E-state index contributed by atoms with van der Waals surface area (Å²) in [6.45, 7) is 9.72. The number of alkyl halides is 3. The maximum absolute atomic E-state index is 13.5. The lowest BCUT2D eigenvalue weighted by molar-refractivity contribution is -0.137. The maximum atomic E-state index is 13.5. The number of rotatable bonds is 7. The number of carbonyl (C=O) groups is 3. The number of carboxylic acids is 1. The summed E-state index contributed by atoms with van der Waals surface area (Å²) in [7, 11) is 1.11. The van der Waals surface area contributed by atoms with Gasteiger partial charge in [0, 0.05) is 38.4 Å². The van der Waals surface area contributed by atoms with Crippen molar-refractivity contribution in [3.63, 3.8) is 0 Å². The number of esters is 1. The predicted octanol–water partition coefficient (Wildman–Crippen LogP) is 4.95. The van der Waals surface area contributed by atoms with Crippen LogP contribution in [0.3, 0.4) is 0 Å². The summed E-state index contributed by atoms with van der Waals surface area (Å²) < 4.78 is 57.1. The molecule has 10 nitrogen and oxygen atoms in total. The topological polar surface area (TPSA) is 118 Å². The van der Waals surface area contributed by atoms with Crippen molar-refractivity contribution in [3.8, 4) is 5.75 Å². The Hall–Kier alpha value is -3.87. The Kier molecular flexibility index (Phi) is 9.52. The molecule has 2 aromatic rings. The van der Waals surface area contributed by atoms with Crippen molar-refractivity contribution < 1.29 is 46.9 Å². The molecule has 13 heteroatoms. The Bertz CT molecular complexity index is 1290. The molecule has 2 heterocycles. The molecule has 1 amide bonds. The highest BCUT2D eigenvalue weighted by Crippen LogP contribution is 2.33. The van der Waals surface area contributed by atoms with Crippen LogP contribution in [0.15, 0.2) is 30.5 Å². The van der Waals surface area contributed by atoms with Crippen LogP contribution in [-0.2, 0) is 15.7 Å². The van der Waals surface area contributed by atoms with Crippen molar-refractivity contribution in [1.82, 2.24) is 14.8 Å². The van der Waals surface area contributed by atoms with Gasteiger partial charge in [-0.15, -0.1) is 0 Å². The number of aromatic nitrogens is 1. The molecule has 0 spiro atoms. The first-order chi connectivity index (χ1) is 19.0. The van der Waals surface area contributed by atoms with E-state index in [2.05, 4.69) is 4.98 Å². The molecular weight excluding hydrogens is 547 g/mol. The number of halogens is 3. The van der Waals surface area contributed by atoms with Crippen molar-refractivity contribution in [1.29, 1.82) is 0 Å². The number of pyridine rings is 1. The van der Waals surface area contributed by atoms with Gasteiger partial charge in [0.15, 0.2) is 6.10 Å². The van der Waals surface area contributed by atoms with Gasteiger partial charge in [-0.25, -0.2) is 14.4 Å². The first kappa shape index (κ1) is 31.7. The van der Waals surface area contributed by atoms with E-state index in [1.54, 1.807) is 25.7 Å². The minimum atomic E-state index is -4.63. The first-order valence-corrected chi connectivity index (χ1v) is 12.9. The molecule has 224 valence electrons. The lowest BCUT2D eigenvalue weighted by Crippen LogP contribution is -2.55. The molecule has 0 radical (unpaired) electrons. The van der Waals surface area contributed by atoms with E-state index in [1.807, 2.05) is 11.8 Å². The fourth-order valence-electron chi connectivity index (χ4n) is 4.45. The van der Waals surface area contributed by atoms with E-state index in [0.29, 0.717) is 19.6 Å². The number of amides is 1. The van der Waals surface area contributed by atoms with Crippen LogP contribution >= 0.6 is 0 Å². The van der Waals surface area contributed by atoms with Gasteiger partial charge in [-0.2, -0.15) is 13.2 Å². The van der Waals surface area contributed by atoms with Crippen LogP contribution in [0.1, 0.15) is 71.3 Å². The third-order valence-corrected chi connectivity index (χ3v) is 6.43. The third-order valence-electron chi connectivity index (χ3n) is 6.43. The van der Waals surface area contributed by atoms with Crippen LogP contribution < -0.4 is 4.74 Å². The van der Waals surface area contributed by atoms with Gasteiger partial charge in [-0.1, -0.05) is 0 Å². The fourth-order valence-corrected chi connectivity index (χ4v) is 4.45. The zero-order chi connectivity index (χ0) is 30.7. The van der Waals surface area contributed by atoms with Crippen molar-refractivity contribution in [2.75, 3.05) is 33.3 Å². The lowest BCUT2D eigenvalue weighted by atomic mass is 10.0. The second-order valence-electron chi connectivity index (χ2n) is 10.8. The van der Waals surface area contributed by atoms with E-state index in [4.69, 9.17) is 14.2 Å². The second kappa shape index (κ2) is 12.3. The molecule has 1 aliphatic heterocycles. The number of carbonyl (C=O) groups excluding carboxylic acids is 2. The van der Waals surface area contributed by atoms with Gasteiger partial charge in [-0.3, -0.25) is 9.88 Å². The van der Waals surface area contributed by atoms with Crippen LogP contribution in [0.4, 0.5) is 18.0 Å². The molecule has 0 aliphatic carbocycles. The van der Waals surface area contributed by atoms with Gasteiger partial charge < -0.3 is 24.2 Å². The van der Waals surface area contributed by atoms with Gasteiger partial charge in [0.1, 0.15) is 16.9 Å². The van der Waals surface area contributed by atoms with E-state index in [0.717, 1.165) is 31.5 Å². The number of aryl methyl sites for hydroxylation is 1. The number of methoxy groups -OCH3 is 1. The predicted molar refractivity (Wildman–Crippen MR) is 141 cm³/mol. The molecule has 1 aliphatic rings. The maximum Gasteiger partial charge on any atom is 0.416 e. The Balaban J connectivity index is 1.96. The summed E-state index contributed by atoms with van der Waals surface area (Å²) in [5.74, 6) is -2.21. The number of nitrogens with zero attached hydrogens (tertiary/aromatic N) is 3. The Morgan fingerprint density at radius 3 is 2.37 bits per heavy atom. The van der Waals surface area contributed by atoms with Crippen LogP contribution in [0, 0.1) is 6.92 Å². The molecule has 1 aromatic heterocycles. The lowest BCUT2D eigenvalue weighted by Gasteiger charge is -2.41. The second-order valence-corrected chi connectivity index (χ2v) is 10.8. The summed E-state index contributed by atoms with van der Waals surface area (Å²) in [4.78, 5) is 44.5. The van der Waals surface area contributed by atoms with E-state index in [1.165, 1.54) is 13.0 Å². The molecule has 1 saturated heterocycles. The fraction of sp³-hybridized carbons (Fsp3) is 0.500. The van der Waals surface area contributed by atoms with Gasteiger partial charge in [-0.05, 0) is 64.4 Å². The zero-order valence-electron chi connectivity index (χ0n) is 23.7. The van der Waals surface area contributed by atoms with Crippen molar-refractivity contribution >= 4 is 18.0 Å². The van der Waals surface area contributed by atoms with Gasteiger partial charge in [0.25, 0.3) is 0 Å². The summed E-state index contributed by atoms with van der Waals surface area (Å²) in [5, 5.41) is 9.51. The minimum absolute atomic E-state index is 0.0437. The average molecular weight is 582 g/mol. The van der Waals surface area contributed by atoms with Crippen molar-refractivity contribution in [2.24, 2.45) is 0 Å². The van der Waals surface area contributed by atoms with Gasteiger partial charge >= 0.3 is 24.2 Å². The Labute approximate surface area is 236 Å². The summed E-state index contributed by atoms with van der Waals surface area (Å²) in [6, 6.07) is 3.88. The Morgan fingerprint density at radius 1 is 1.12 bits per heavy atom. The molecular formula is C28H34F3N3O7. The average Bonchev–Trinajstić information content (AvgIpc) is 2.86. The molecule has 1 N–H and O–H groups in total. The van der Waals surface area contributed by atoms with Crippen molar-refractivity contribution in [3.05, 3.63) is 58.4 Å². The van der Waals surface area contributed by atoms with Crippen LogP contribution in [0.25, 0.3) is 0 Å². The highest BCUT2D eigenvalue weighted by Gasteiger charge is 2.35. The first-order valence-electron chi connectivity index (χ1n) is 12.9. The summed E-state index contributed by atoms with van der Waals surface area (Å²) >= 11 is 0. The SMILES string of the molecule is COC(=O)c1cc(C(=O)O)c(C)cc1OC(CN1CCN(C(=O)OC(C)(C)C)[C@H](C)C1)c1cc(C(F)(F)F)ccn1. The standard InChI is InChI=1S/C28H34F3N3O7/c1-16-11-22(20(25(37)39-6)13-19(16)24(35)36)40-23(21-12-18(7-8-32-21)28(29,30)31)15-33-9-10-34(17(2)14-33)26(38)41-27(3,4)5/h7-8,11-13,17,23H,9-10,14-15H2,1-6H3,(H,35,36)/t17-,23?/m1/s1. The number of piperazine rings is 1. The molecule has 0 saturated carbocycles. The van der Waals surface area contributed by atoms with E-state index in [-0.39, 0.29) is 40.7 Å². The van der Waals surface area contributed by atoms with E-state index >= 15 is 0 Å². The third kappa shape index (κ3) is 8.09. The smallest absolute Gasteiger partial charge is 0.416 e. The summed E-state index contributed by atoms with van der Waals surface area (Å²) in [6.07, 6.45) is -5.17. The van der Waals surface area contributed by atoms with Gasteiger partial charge in [0.2, 0.25) is 0 Å².